The molecular weight excluding hydrogens is 506 g/mol. The van der Waals surface area contributed by atoms with Gasteiger partial charge in [-0.1, -0.05) is 18.2 Å². The van der Waals surface area contributed by atoms with E-state index in [1.807, 2.05) is 12.1 Å². The number of carbonyl (C=O) groups is 3. The first-order valence-corrected chi connectivity index (χ1v) is 12.6. The Morgan fingerprint density at radius 2 is 1.74 bits per heavy atom. The highest BCUT2D eigenvalue weighted by atomic mass is 19.1. The van der Waals surface area contributed by atoms with Crippen LogP contribution in [0.3, 0.4) is 0 Å². The van der Waals surface area contributed by atoms with Crippen LogP contribution in [0.1, 0.15) is 58.2 Å². The van der Waals surface area contributed by atoms with Gasteiger partial charge in [-0.05, 0) is 68.1 Å². The predicted molar refractivity (Wildman–Crippen MR) is 139 cm³/mol. The molecular formula is C29H26F2N4O4. The van der Waals surface area contributed by atoms with Crippen molar-refractivity contribution in [2.45, 2.75) is 38.1 Å². The van der Waals surface area contributed by atoms with Gasteiger partial charge in [-0.2, -0.15) is 0 Å². The van der Waals surface area contributed by atoms with Crippen molar-refractivity contribution in [2.24, 2.45) is 0 Å². The molecule has 2 aromatic carbocycles. The lowest BCUT2D eigenvalue weighted by molar-refractivity contribution is -0.115. The molecule has 0 atom stereocenters. The summed E-state index contributed by atoms with van der Waals surface area (Å²) in [4.78, 5) is 41.8. The van der Waals surface area contributed by atoms with Crippen LogP contribution >= 0.6 is 0 Å². The first-order chi connectivity index (χ1) is 18.8. The maximum absolute atomic E-state index is 13.9. The van der Waals surface area contributed by atoms with Crippen molar-refractivity contribution in [2.75, 3.05) is 11.9 Å². The van der Waals surface area contributed by atoms with E-state index in [0.717, 1.165) is 37.0 Å². The molecule has 2 N–H and O–H groups in total. The minimum absolute atomic E-state index is 0.186. The molecule has 0 spiro atoms. The number of carbonyl (C=O) groups excluding carboxylic acids is 3. The molecule has 2 aromatic heterocycles. The van der Waals surface area contributed by atoms with Crippen LogP contribution in [-0.2, 0) is 21.5 Å². The molecule has 1 aliphatic rings. The van der Waals surface area contributed by atoms with Crippen LogP contribution in [0.5, 0.6) is 0 Å². The van der Waals surface area contributed by atoms with Crippen molar-refractivity contribution in [3.8, 4) is 0 Å². The molecule has 39 heavy (non-hydrogen) atoms. The van der Waals surface area contributed by atoms with E-state index in [4.69, 9.17) is 4.74 Å². The second kappa shape index (κ2) is 10.6. The molecule has 2 heterocycles. The zero-order valence-corrected chi connectivity index (χ0v) is 21.2. The zero-order valence-electron chi connectivity index (χ0n) is 21.2. The van der Waals surface area contributed by atoms with E-state index in [0.29, 0.717) is 16.8 Å². The van der Waals surface area contributed by atoms with E-state index in [9.17, 15) is 23.2 Å². The van der Waals surface area contributed by atoms with Crippen molar-refractivity contribution in [3.63, 3.8) is 0 Å². The van der Waals surface area contributed by atoms with Crippen LogP contribution < -0.4 is 10.6 Å². The fourth-order valence-corrected chi connectivity index (χ4v) is 4.74. The van der Waals surface area contributed by atoms with Crippen LogP contribution in [0, 0.1) is 11.6 Å². The van der Waals surface area contributed by atoms with Crippen LogP contribution in [-0.4, -0.2) is 33.8 Å². The number of nitrogens with zero attached hydrogens (tertiary/aromatic N) is 2. The Bertz CT molecular complexity index is 1540. The van der Waals surface area contributed by atoms with E-state index in [-0.39, 0.29) is 23.8 Å². The van der Waals surface area contributed by atoms with Gasteiger partial charge in [0.2, 0.25) is 5.91 Å². The lowest BCUT2D eigenvalue weighted by Gasteiger charge is -2.43. The highest BCUT2D eigenvalue weighted by molar-refractivity contribution is 5.97. The average molecular weight is 533 g/mol. The van der Waals surface area contributed by atoms with Gasteiger partial charge in [-0.3, -0.25) is 9.59 Å². The molecule has 1 aliphatic carbocycles. The van der Waals surface area contributed by atoms with Gasteiger partial charge in [0.15, 0.2) is 5.69 Å². The maximum atomic E-state index is 13.9. The molecule has 8 nitrogen and oxygen atoms in total. The summed E-state index contributed by atoms with van der Waals surface area (Å²) in [5, 5.41) is 5.81. The normalized spacial score (nSPS) is 13.9. The summed E-state index contributed by atoms with van der Waals surface area (Å²) in [5.74, 6) is -2.87. The summed E-state index contributed by atoms with van der Waals surface area (Å²) >= 11 is 0. The number of halogens is 2. The van der Waals surface area contributed by atoms with Crippen molar-refractivity contribution < 1.29 is 27.9 Å². The van der Waals surface area contributed by atoms with E-state index in [2.05, 4.69) is 15.6 Å². The van der Waals surface area contributed by atoms with E-state index >= 15 is 0 Å². The number of ether oxygens (including phenoxy) is 1. The number of amides is 2. The number of nitrogens with one attached hydrogen (secondary N) is 2. The highest BCUT2D eigenvalue weighted by Gasteiger charge is 2.40. The summed E-state index contributed by atoms with van der Waals surface area (Å²) in [6.07, 6.45) is 5.09. The molecule has 1 saturated carbocycles. The number of rotatable bonds is 8. The zero-order chi connectivity index (χ0) is 27.6. The number of esters is 1. The Hall–Kier alpha value is -4.60. The van der Waals surface area contributed by atoms with E-state index in [1.54, 1.807) is 41.8 Å². The van der Waals surface area contributed by atoms with Gasteiger partial charge in [-0.15, -0.1) is 0 Å². The fourth-order valence-electron chi connectivity index (χ4n) is 4.74. The van der Waals surface area contributed by atoms with Gasteiger partial charge in [-0.25, -0.2) is 18.6 Å². The molecule has 0 bridgehead atoms. The van der Waals surface area contributed by atoms with E-state index in [1.165, 1.54) is 12.4 Å². The van der Waals surface area contributed by atoms with Gasteiger partial charge < -0.3 is 19.8 Å². The molecule has 0 radical (unpaired) electrons. The van der Waals surface area contributed by atoms with Gasteiger partial charge in [0, 0.05) is 17.4 Å². The molecule has 0 saturated heterocycles. The third kappa shape index (κ3) is 5.22. The molecule has 200 valence electrons. The quantitative estimate of drug-likeness (QED) is 0.318. The summed E-state index contributed by atoms with van der Waals surface area (Å²) in [6.45, 7) is 1.95. The molecule has 4 aromatic rings. The van der Waals surface area contributed by atoms with Crippen molar-refractivity contribution in [3.05, 3.63) is 101 Å². The third-order valence-corrected chi connectivity index (χ3v) is 6.94. The molecule has 0 unspecified atom stereocenters. The summed E-state index contributed by atoms with van der Waals surface area (Å²) in [7, 11) is 0. The summed E-state index contributed by atoms with van der Waals surface area (Å²) in [5.41, 5.74) is 1.65. The second-order valence-corrected chi connectivity index (χ2v) is 9.42. The first-order valence-electron chi connectivity index (χ1n) is 12.6. The number of pyridine rings is 1. The number of imidazole rings is 1. The lowest BCUT2D eigenvalue weighted by Crippen LogP contribution is -2.50. The molecule has 2 amide bonds. The van der Waals surface area contributed by atoms with Gasteiger partial charge in [0.25, 0.3) is 5.91 Å². The maximum Gasteiger partial charge on any atom is 0.359 e. The number of aromatic nitrogens is 2. The van der Waals surface area contributed by atoms with Crippen LogP contribution in [0.2, 0.25) is 0 Å². The van der Waals surface area contributed by atoms with Gasteiger partial charge >= 0.3 is 5.97 Å². The minimum Gasteiger partial charge on any atom is -0.461 e. The van der Waals surface area contributed by atoms with Crippen molar-refractivity contribution >= 4 is 29.0 Å². The molecule has 1 fully saturated rings. The minimum atomic E-state index is -0.769. The number of anilines is 1. The Labute approximate surface area is 223 Å². The van der Waals surface area contributed by atoms with Crippen molar-refractivity contribution in [1.82, 2.24) is 14.7 Å². The Morgan fingerprint density at radius 1 is 1.03 bits per heavy atom. The molecule has 0 aliphatic heterocycles. The average Bonchev–Trinajstić information content (AvgIpc) is 3.33. The van der Waals surface area contributed by atoms with Gasteiger partial charge in [0.05, 0.1) is 29.6 Å². The number of hydrogen-bond donors (Lipinski definition) is 2. The topological polar surface area (TPSA) is 102 Å². The second-order valence-electron chi connectivity index (χ2n) is 9.42. The lowest BCUT2D eigenvalue weighted by atomic mass is 9.71. The largest absolute Gasteiger partial charge is 0.461 e. The summed E-state index contributed by atoms with van der Waals surface area (Å²) in [6, 6.07) is 13.8. The molecule has 5 rings (SSSR count). The number of benzene rings is 2. The van der Waals surface area contributed by atoms with Gasteiger partial charge in [0.1, 0.15) is 18.0 Å². The van der Waals surface area contributed by atoms with E-state index < -0.39 is 35.5 Å². The Morgan fingerprint density at radius 3 is 2.38 bits per heavy atom. The summed E-state index contributed by atoms with van der Waals surface area (Å²) < 4.78 is 34.4. The number of hydrogen-bond acceptors (Lipinski definition) is 5. The standard InChI is InChI=1S/C29H26F2N4O4/c1-2-39-28(38)26-24-12-7-18(16-35(24)17-32-26)27(37)34-29(13-4-14-29)19-8-10-20(11-9-19)33-25(36)15-21-22(30)5-3-6-23(21)31/h3,5-12,16-17H,2,4,13-15H2,1H3,(H,33,36)(H,34,37). The smallest absolute Gasteiger partial charge is 0.359 e. The number of fused-ring (bicyclic) bond motifs is 1. The fraction of sp³-hybridized carbons (Fsp3) is 0.241. The first kappa shape index (κ1) is 26.0. The Kier molecular flexibility index (Phi) is 7.10. The Balaban J connectivity index is 1.27. The molecule has 10 heteroatoms. The predicted octanol–water partition coefficient (Wildman–Crippen LogP) is 4.78. The van der Waals surface area contributed by atoms with Crippen molar-refractivity contribution in [1.29, 1.82) is 0 Å². The third-order valence-electron chi connectivity index (χ3n) is 6.94. The van der Waals surface area contributed by atoms with Crippen LogP contribution in [0.25, 0.3) is 5.52 Å². The highest BCUT2D eigenvalue weighted by Crippen LogP contribution is 2.41. The van der Waals surface area contributed by atoms with Crippen LogP contribution in [0.4, 0.5) is 14.5 Å². The monoisotopic (exact) mass is 532 g/mol. The SMILES string of the molecule is CCOC(=O)c1ncn2cc(C(=O)NC3(c4ccc(NC(=O)Cc5c(F)cccc5F)cc4)CCC3)ccc12. The van der Waals surface area contributed by atoms with Crippen LogP contribution in [0.15, 0.2) is 67.1 Å².